The molecule has 0 fully saturated rings. The van der Waals surface area contributed by atoms with Gasteiger partial charge in [-0.05, 0) is 13.8 Å². The average Bonchev–Trinajstić information content (AvgIpc) is 2.23. The van der Waals surface area contributed by atoms with Gasteiger partial charge in [-0.3, -0.25) is 4.79 Å². The molecule has 0 spiro atoms. The Bertz CT molecular complexity index is 242. The quantitative estimate of drug-likeness (QED) is 0.595. The smallest absolute Gasteiger partial charge is 0.202 e. The molecule has 0 N–H and O–H groups in total. The van der Waals surface area contributed by atoms with Crippen molar-refractivity contribution in [2.24, 2.45) is 0 Å². The maximum absolute atomic E-state index is 11.3. The molecule has 0 aliphatic carbocycles. The summed E-state index contributed by atoms with van der Waals surface area (Å²) in [4.78, 5) is 21.4. The Morgan fingerprint density at radius 2 is 2.33 bits per heavy atom. The molecule has 0 aromatic heterocycles. The van der Waals surface area contributed by atoms with Gasteiger partial charge in [0.15, 0.2) is 5.60 Å². The lowest BCUT2D eigenvalue weighted by Gasteiger charge is -2.21. The van der Waals surface area contributed by atoms with Gasteiger partial charge in [-0.25, -0.2) is 0 Å². The summed E-state index contributed by atoms with van der Waals surface area (Å²) >= 11 is 0. The number of hydrogen-bond acceptors (Lipinski definition) is 3. The fourth-order valence-corrected chi connectivity index (χ4v) is 1.28. The van der Waals surface area contributed by atoms with Gasteiger partial charge in [0.2, 0.25) is 5.78 Å². The summed E-state index contributed by atoms with van der Waals surface area (Å²) in [6.07, 6.45) is 3.10. The van der Waals surface area contributed by atoms with Gasteiger partial charge in [-0.1, -0.05) is 0 Å². The van der Waals surface area contributed by atoms with E-state index in [0.717, 1.165) is 6.29 Å². The summed E-state index contributed by atoms with van der Waals surface area (Å²) in [5.41, 5.74) is -0.787. The molecular weight excluding hydrogens is 156 g/mol. The molecule has 0 aromatic carbocycles. The van der Waals surface area contributed by atoms with Gasteiger partial charge in [0.25, 0.3) is 0 Å². The molecule has 1 aliphatic rings. The number of hydrogen-bond donors (Lipinski definition) is 0. The van der Waals surface area contributed by atoms with Crippen molar-refractivity contribution >= 4 is 12.1 Å². The Morgan fingerprint density at radius 1 is 1.67 bits per heavy atom. The first-order valence-corrected chi connectivity index (χ1v) is 3.94. The minimum Gasteiger partial charge on any atom is -0.484 e. The first-order chi connectivity index (χ1) is 5.58. The minimum atomic E-state index is -0.787. The highest BCUT2D eigenvalue weighted by Crippen LogP contribution is 2.28. The van der Waals surface area contributed by atoms with E-state index >= 15 is 0 Å². The van der Waals surface area contributed by atoms with Gasteiger partial charge < -0.3 is 9.53 Å². The molecule has 0 radical (unpaired) electrons. The van der Waals surface area contributed by atoms with Gasteiger partial charge >= 0.3 is 0 Å². The Hall–Kier alpha value is -1.12. The van der Waals surface area contributed by atoms with E-state index in [1.807, 2.05) is 0 Å². The number of ether oxygens (including phenoxy) is 1. The van der Waals surface area contributed by atoms with Crippen LogP contribution in [0.5, 0.6) is 0 Å². The van der Waals surface area contributed by atoms with Crippen molar-refractivity contribution in [1.82, 2.24) is 0 Å². The lowest BCUT2D eigenvalue weighted by Crippen LogP contribution is -2.32. The SMILES string of the molecule is CC1=CC(=O)C(C)(CCC=O)O1. The maximum Gasteiger partial charge on any atom is 0.202 e. The molecule has 0 saturated carbocycles. The van der Waals surface area contributed by atoms with Crippen molar-refractivity contribution in [3.63, 3.8) is 0 Å². The largest absolute Gasteiger partial charge is 0.484 e. The van der Waals surface area contributed by atoms with Crippen molar-refractivity contribution < 1.29 is 14.3 Å². The predicted molar refractivity (Wildman–Crippen MR) is 43.6 cm³/mol. The van der Waals surface area contributed by atoms with Crippen LogP contribution in [0.15, 0.2) is 11.8 Å². The molecule has 1 heterocycles. The van der Waals surface area contributed by atoms with Crippen LogP contribution in [0.4, 0.5) is 0 Å². The number of aldehydes is 1. The molecule has 0 saturated heterocycles. The number of rotatable bonds is 3. The first-order valence-electron chi connectivity index (χ1n) is 3.94. The molecule has 1 unspecified atom stereocenters. The Labute approximate surface area is 71.4 Å². The summed E-state index contributed by atoms with van der Waals surface area (Å²) < 4.78 is 5.32. The molecule has 1 rings (SSSR count). The van der Waals surface area contributed by atoms with E-state index in [1.54, 1.807) is 13.8 Å². The van der Waals surface area contributed by atoms with Crippen LogP contribution in [-0.2, 0) is 14.3 Å². The van der Waals surface area contributed by atoms with Crippen LogP contribution < -0.4 is 0 Å². The summed E-state index contributed by atoms with van der Waals surface area (Å²) in [6, 6.07) is 0. The number of carbonyl (C=O) groups is 2. The van der Waals surface area contributed by atoms with E-state index in [1.165, 1.54) is 6.08 Å². The zero-order valence-corrected chi connectivity index (χ0v) is 7.29. The van der Waals surface area contributed by atoms with Gasteiger partial charge in [0, 0.05) is 18.9 Å². The Balaban J connectivity index is 2.63. The molecule has 1 aliphatic heterocycles. The normalized spacial score (nSPS) is 28.2. The van der Waals surface area contributed by atoms with Crippen molar-refractivity contribution in [3.05, 3.63) is 11.8 Å². The van der Waals surface area contributed by atoms with Gasteiger partial charge in [0.1, 0.15) is 6.29 Å². The second kappa shape index (κ2) is 3.09. The van der Waals surface area contributed by atoms with Gasteiger partial charge in [-0.2, -0.15) is 0 Å². The highest BCUT2D eigenvalue weighted by atomic mass is 16.5. The zero-order valence-electron chi connectivity index (χ0n) is 7.29. The molecule has 0 amide bonds. The highest BCUT2D eigenvalue weighted by Gasteiger charge is 2.37. The highest BCUT2D eigenvalue weighted by molar-refractivity contribution is 5.99. The van der Waals surface area contributed by atoms with E-state index in [2.05, 4.69) is 0 Å². The molecule has 0 aromatic rings. The van der Waals surface area contributed by atoms with Crippen molar-refractivity contribution in [3.8, 4) is 0 Å². The summed E-state index contributed by atoms with van der Waals surface area (Å²) in [7, 11) is 0. The molecule has 1 atom stereocenters. The third-order valence-electron chi connectivity index (χ3n) is 1.98. The van der Waals surface area contributed by atoms with Crippen molar-refractivity contribution in [1.29, 1.82) is 0 Å². The molecule has 12 heavy (non-hydrogen) atoms. The molecule has 3 heteroatoms. The maximum atomic E-state index is 11.3. The lowest BCUT2D eigenvalue weighted by atomic mass is 9.96. The van der Waals surface area contributed by atoms with E-state index in [4.69, 9.17) is 4.74 Å². The number of allylic oxidation sites excluding steroid dienone is 1. The van der Waals surface area contributed by atoms with Crippen LogP contribution in [0.2, 0.25) is 0 Å². The van der Waals surface area contributed by atoms with E-state index < -0.39 is 5.60 Å². The number of carbonyl (C=O) groups excluding carboxylic acids is 2. The van der Waals surface area contributed by atoms with E-state index in [-0.39, 0.29) is 5.78 Å². The third-order valence-corrected chi connectivity index (χ3v) is 1.98. The standard InChI is InChI=1S/C9H12O3/c1-7-6-8(11)9(2,12-7)4-3-5-10/h5-6H,3-4H2,1-2H3. The fraction of sp³-hybridized carbons (Fsp3) is 0.556. The number of ketones is 1. The van der Waals surface area contributed by atoms with E-state index in [0.29, 0.717) is 18.6 Å². The van der Waals surface area contributed by atoms with Crippen molar-refractivity contribution in [2.75, 3.05) is 0 Å². The average molecular weight is 168 g/mol. The zero-order chi connectivity index (χ0) is 9.19. The molecule has 3 nitrogen and oxygen atoms in total. The monoisotopic (exact) mass is 168 g/mol. The van der Waals surface area contributed by atoms with Crippen LogP contribution in [0.25, 0.3) is 0 Å². The Morgan fingerprint density at radius 3 is 2.75 bits per heavy atom. The van der Waals surface area contributed by atoms with Gasteiger partial charge in [-0.15, -0.1) is 0 Å². The van der Waals surface area contributed by atoms with Crippen LogP contribution in [-0.4, -0.2) is 17.7 Å². The van der Waals surface area contributed by atoms with Crippen molar-refractivity contribution in [2.45, 2.75) is 32.3 Å². The summed E-state index contributed by atoms with van der Waals surface area (Å²) in [5.74, 6) is 0.593. The summed E-state index contributed by atoms with van der Waals surface area (Å²) in [5, 5.41) is 0. The Kier molecular flexibility index (Phi) is 2.31. The van der Waals surface area contributed by atoms with Gasteiger partial charge in [0.05, 0.1) is 5.76 Å². The topological polar surface area (TPSA) is 43.4 Å². The second-order valence-corrected chi connectivity index (χ2v) is 3.16. The second-order valence-electron chi connectivity index (χ2n) is 3.16. The van der Waals surface area contributed by atoms with E-state index in [9.17, 15) is 9.59 Å². The lowest BCUT2D eigenvalue weighted by molar-refractivity contribution is -0.129. The molecular formula is C9H12O3. The van der Waals surface area contributed by atoms with Crippen LogP contribution >= 0.6 is 0 Å². The summed E-state index contributed by atoms with van der Waals surface area (Å²) in [6.45, 7) is 3.45. The fourth-order valence-electron chi connectivity index (χ4n) is 1.28. The minimum absolute atomic E-state index is 0.0400. The van der Waals surface area contributed by atoms with Crippen LogP contribution in [0.1, 0.15) is 26.7 Å². The molecule has 0 bridgehead atoms. The van der Waals surface area contributed by atoms with Crippen LogP contribution in [0.3, 0.4) is 0 Å². The molecule has 66 valence electrons. The first kappa shape index (κ1) is 8.97. The third kappa shape index (κ3) is 1.55. The van der Waals surface area contributed by atoms with Crippen LogP contribution in [0, 0.1) is 0 Å². The predicted octanol–water partition coefficient (Wildman–Crippen LogP) is 1.23.